The van der Waals surface area contributed by atoms with E-state index < -0.39 is 11.6 Å². The molecule has 0 aliphatic heterocycles. The Balaban J connectivity index is 2.24. The van der Waals surface area contributed by atoms with Gasteiger partial charge in [0.1, 0.15) is 11.6 Å². The highest BCUT2D eigenvalue weighted by Crippen LogP contribution is 2.24. The van der Waals surface area contributed by atoms with E-state index in [9.17, 15) is 8.78 Å². The summed E-state index contributed by atoms with van der Waals surface area (Å²) >= 11 is 5.17. The van der Waals surface area contributed by atoms with Gasteiger partial charge in [0, 0.05) is 11.8 Å². The van der Waals surface area contributed by atoms with Gasteiger partial charge in [0.25, 0.3) is 0 Å². The Morgan fingerprint density at radius 3 is 2.50 bits per heavy atom. The van der Waals surface area contributed by atoms with Crippen LogP contribution < -0.4 is 0 Å². The number of hydrogen-bond donors (Lipinski definition) is 1. The van der Waals surface area contributed by atoms with E-state index in [4.69, 9.17) is 12.2 Å². The summed E-state index contributed by atoms with van der Waals surface area (Å²) in [6.45, 7) is 0. The number of benzene rings is 2. The van der Waals surface area contributed by atoms with Gasteiger partial charge in [-0.2, -0.15) is 5.10 Å². The van der Waals surface area contributed by atoms with E-state index in [1.54, 1.807) is 4.57 Å². The molecule has 20 heavy (non-hydrogen) atoms. The van der Waals surface area contributed by atoms with Crippen LogP contribution in [0, 0.1) is 16.4 Å². The van der Waals surface area contributed by atoms with Crippen molar-refractivity contribution in [2.45, 2.75) is 0 Å². The molecular weight excluding hydrogens is 280 g/mol. The Kier molecular flexibility index (Phi) is 3.15. The van der Waals surface area contributed by atoms with Crippen molar-refractivity contribution in [1.29, 1.82) is 0 Å². The van der Waals surface area contributed by atoms with E-state index in [0.717, 1.165) is 11.8 Å². The molecule has 6 heteroatoms. The second-order valence-electron chi connectivity index (χ2n) is 4.15. The van der Waals surface area contributed by atoms with Crippen molar-refractivity contribution in [3.8, 4) is 17.1 Å². The lowest BCUT2D eigenvalue weighted by Gasteiger charge is -2.07. The predicted molar refractivity (Wildman–Crippen MR) is 74.1 cm³/mol. The van der Waals surface area contributed by atoms with Crippen molar-refractivity contribution in [1.82, 2.24) is 14.8 Å². The molecule has 0 fully saturated rings. The number of halogens is 2. The Hall–Kier alpha value is -2.34. The number of nitrogens with one attached hydrogen (secondary N) is 1. The average Bonchev–Trinajstić information content (AvgIpc) is 2.81. The third kappa shape index (κ3) is 2.14. The van der Waals surface area contributed by atoms with Crippen LogP contribution in [-0.4, -0.2) is 14.8 Å². The fourth-order valence-electron chi connectivity index (χ4n) is 1.97. The number of aromatic nitrogens is 3. The van der Waals surface area contributed by atoms with Crippen molar-refractivity contribution < 1.29 is 8.78 Å². The van der Waals surface area contributed by atoms with Gasteiger partial charge in [0.2, 0.25) is 0 Å². The Bertz CT molecular complexity index is 809. The third-order valence-electron chi connectivity index (χ3n) is 2.86. The summed E-state index contributed by atoms with van der Waals surface area (Å²) in [5, 5.41) is 6.67. The van der Waals surface area contributed by atoms with Crippen LogP contribution in [0.2, 0.25) is 0 Å². The summed E-state index contributed by atoms with van der Waals surface area (Å²) in [5.74, 6) is -1.01. The van der Waals surface area contributed by atoms with E-state index in [2.05, 4.69) is 10.2 Å². The molecule has 1 aromatic heterocycles. The van der Waals surface area contributed by atoms with E-state index in [1.165, 1.54) is 12.1 Å². The molecule has 0 spiro atoms. The van der Waals surface area contributed by atoms with E-state index >= 15 is 0 Å². The molecule has 100 valence electrons. The predicted octanol–water partition coefficient (Wildman–Crippen LogP) is 3.88. The summed E-state index contributed by atoms with van der Waals surface area (Å²) in [5.41, 5.74) is 0.938. The standard InChI is InChI=1S/C14H9F2N3S/c15-9-6-7-11(12(16)8-9)13-17-18-14(20)19(13)10-4-2-1-3-5-10/h1-8H,(H,18,20). The highest BCUT2D eigenvalue weighted by molar-refractivity contribution is 7.71. The first-order valence-electron chi connectivity index (χ1n) is 5.85. The fourth-order valence-corrected chi connectivity index (χ4v) is 2.20. The number of hydrogen-bond acceptors (Lipinski definition) is 2. The largest absolute Gasteiger partial charge is 0.268 e. The summed E-state index contributed by atoms with van der Waals surface area (Å²) in [7, 11) is 0. The monoisotopic (exact) mass is 289 g/mol. The first-order chi connectivity index (χ1) is 9.66. The minimum Gasteiger partial charge on any atom is -0.268 e. The number of para-hydroxylation sites is 1. The first-order valence-corrected chi connectivity index (χ1v) is 6.26. The maximum absolute atomic E-state index is 13.9. The summed E-state index contributed by atoms with van der Waals surface area (Å²) in [6, 6.07) is 12.6. The Morgan fingerprint density at radius 1 is 1.05 bits per heavy atom. The maximum Gasteiger partial charge on any atom is 0.200 e. The molecule has 3 nitrogen and oxygen atoms in total. The Morgan fingerprint density at radius 2 is 1.80 bits per heavy atom. The first kappa shape index (κ1) is 12.7. The van der Waals surface area contributed by atoms with Crippen molar-refractivity contribution in [2.24, 2.45) is 0 Å². The smallest absolute Gasteiger partial charge is 0.200 e. The van der Waals surface area contributed by atoms with Gasteiger partial charge in [-0.1, -0.05) is 18.2 Å². The molecule has 0 aliphatic carbocycles. The molecule has 0 radical (unpaired) electrons. The van der Waals surface area contributed by atoms with Crippen molar-refractivity contribution in [2.75, 3.05) is 0 Å². The van der Waals surface area contributed by atoms with Crippen molar-refractivity contribution in [3.05, 3.63) is 64.9 Å². The summed E-state index contributed by atoms with van der Waals surface area (Å²) < 4.78 is 28.8. The van der Waals surface area contributed by atoms with Crippen LogP contribution in [0.3, 0.4) is 0 Å². The van der Waals surface area contributed by atoms with Crippen LogP contribution in [0.4, 0.5) is 8.78 Å². The second kappa shape index (κ2) is 4.97. The lowest BCUT2D eigenvalue weighted by molar-refractivity contribution is 0.584. The lowest BCUT2D eigenvalue weighted by atomic mass is 10.2. The van der Waals surface area contributed by atoms with Crippen molar-refractivity contribution in [3.63, 3.8) is 0 Å². The SMILES string of the molecule is Fc1ccc(-c2n[nH]c(=S)n2-c2ccccc2)c(F)c1. The number of aromatic amines is 1. The quantitative estimate of drug-likeness (QED) is 0.726. The van der Waals surface area contributed by atoms with Gasteiger partial charge in [-0.3, -0.25) is 9.67 Å². The van der Waals surface area contributed by atoms with E-state index in [-0.39, 0.29) is 5.56 Å². The van der Waals surface area contributed by atoms with Crippen LogP contribution in [0.15, 0.2) is 48.5 Å². The van der Waals surface area contributed by atoms with Crippen LogP contribution in [0.5, 0.6) is 0 Å². The third-order valence-corrected chi connectivity index (χ3v) is 3.13. The zero-order valence-corrected chi connectivity index (χ0v) is 11.0. The fraction of sp³-hybridized carbons (Fsp3) is 0. The molecule has 0 bridgehead atoms. The van der Waals surface area contributed by atoms with E-state index in [0.29, 0.717) is 10.6 Å². The highest BCUT2D eigenvalue weighted by Gasteiger charge is 2.14. The van der Waals surface area contributed by atoms with Gasteiger partial charge >= 0.3 is 0 Å². The zero-order valence-electron chi connectivity index (χ0n) is 10.2. The molecule has 2 aromatic carbocycles. The van der Waals surface area contributed by atoms with Crippen LogP contribution in [-0.2, 0) is 0 Å². The van der Waals surface area contributed by atoms with Gasteiger partial charge in [-0.25, -0.2) is 8.78 Å². The van der Waals surface area contributed by atoms with Gasteiger partial charge in [0.15, 0.2) is 10.6 Å². The molecule has 0 atom stereocenters. The molecule has 3 aromatic rings. The molecule has 0 aliphatic rings. The summed E-state index contributed by atoms with van der Waals surface area (Å²) in [6.07, 6.45) is 0. The molecular formula is C14H9F2N3S. The van der Waals surface area contributed by atoms with Gasteiger partial charge in [-0.05, 0) is 36.5 Å². The van der Waals surface area contributed by atoms with Crippen molar-refractivity contribution >= 4 is 12.2 Å². The average molecular weight is 289 g/mol. The zero-order chi connectivity index (χ0) is 14.1. The van der Waals surface area contributed by atoms with Crippen LogP contribution >= 0.6 is 12.2 Å². The Labute approximate surface area is 118 Å². The normalized spacial score (nSPS) is 10.7. The van der Waals surface area contributed by atoms with Crippen LogP contribution in [0.1, 0.15) is 0 Å². The molecule has 1 heterocycles. The molecule has 0 amide bonds. The highest BCUT2D eigenvalue weighted by atomic mass is 32.1. The van der Waals surface area contributed by atoms with Gasteiger partial charge in [0.05, 0.1) is 5.56 Å². The van der Waals surface area contributed by atoms with Gasteiger partial charge in [-0.15, -0.1) is 0 Å². The van der Waals surface area contributed by atoms with Gasteiger partial charge < -0.3 is 0 Å². The molecule has 1 N–H and O–H groups in total. The second-order valence-corrected chi connectivity index (χ2v) is 4.53. The number of rotatable bonds is 2. The van der Waals surface area contributed by atoms with Crippen LogP contribution in [0.25, 0.3) is 17.1 Å². The number of nitrogens with zero attached hydrogens (tertiary/aromatic N) is 2. The molecule has 0 saturated heterocycles. The molecule has 0 unspecified atom stereocenters. The maximum atomic E-state index is 13.9. The minimum atomic E-state index is -0.684. The lowest BCUT2D eigenvalue weighted by Crippen LogP contribution is -1.99. The minimum absolute atomic E-state index is 0.183. The topological polar surface area (TPSA) is 33.6 Å². The molecule has 0 saturated carbocycles. The summed E-state index contributed by atoms with van der Waals surface area (Å²) in [4.78, 5) is 0. The van der Waals surface area contributed by atoms with E-state index in [1.807, 2.05) is 30.3 Å². The molecule has 3 rings (SSSR count). The number of H-pyrrole nitrogens is 1.